The summed E-state index contributed by atoms with van der Waals surface area (Å²) >= 11 is 0. The minimum Gasteiger partial charge on any atom is -0.206 e. The first kappa shape index (κ1) is 20.7. The van der Waals surface area contributed by atoms with Crippen molar-refractivity contribution in [2.24, 2.45) is 5.92 Å². The molecule has 158 valence electrons. The molecule has 0 heterocycles. The van der Waals surface area contributed by atoms with E-state index < -0.39 is 51.9 Å². The number of alkyl halides is 2. The molecule has 0 fully saturated rings. The van der Waals surface area contributed by atoms with Crippen LogP contribution in [0.3, 0.4) is 0 Å². The number of rotatable bonds is 3. The average Bonchev–Trinajstić information content (AvgIpc) is 2.91. The van der Waals surface area contributed by atoms with Gasteiger partial charge in [0.1, 0.15) is 5.82 Å². The quantitative estimate of drug-likeness (QED) is 0.399. The van der Waals surface area contributed by atoms with Crippen LogP contribution in [-0.2, 0) is 25.2 Å². The standard InChI is InChI=1S/C23H17F7/c1-10-7-13-5-3-12(19(25)16(13)21(27)18(10)24)4-6-14-9-15-8-11(2)23(29,30)17(15)22(28)20(14)26/h3,5,7,9,11H,4,6,8H2,1-2H3. The summed E-state index contributed by atoms with van der Waals surface area (Å²) in [6, 6.07) is 5.29. The van der Waals surface area contributed by atoms with Gasteiger partial charge in [0.15, 0.2) is 23.3 Å². The van der Waals surface area contributed by atoms with Gasteiger partial charge >= 0.3 is 0 Å². The second-order valence-electron chi connectivity index (χ2n) is 7.88. The summed E-state index contributed by atoms with van der Waals surface area (Å²) in [6.45, 7) is 2.62. The smallest absolute Gasteiger partial charge is 0.206 e. The van der Waals surface area contributed by atoms with Crippen LogP contribution in [0.25, 0.3) is 10.8 Å². The molecular formula is C23H17F7. The third-order valence-corrected chi connectivity index (χ3v) is 5.89. The summed E-state index contributed by atoms with van der Waals surface area (Å²) in [5, 5.41) is -0.330. The van der Waals surface area contributed by atoms with Crippen molar-refractivity contribution in [1.82, 2.24) is 0 Å². The molecular weight excluding hydrogens is 409 g/mol. The van der Waals surface area contributed by atoms with Crippen LogP contribution in [0, 0.1) is 41.9 Å². The van der Waals surface area contributed by atoms with Crippen LogP contribution < -0.4 is 0 Å². The van der Waals surface area contributed by atoms with Crippen LogP contribution in [0.2, 0.25) is 0 Å². The van der Waals surface area contributed by atoms with Crippen LogP contribution in [0.5, 0.6) is 0 Å². The van der Waals surface area contributed by atoms with Crippen molar-refractivity contribution in [1.29, 1.82) is 0 Å². The van der Waals surface area contributed by atoms with Gasteiger partial charge in [0.2, 0.25) is 0 Å². The molecule has 4 rings (SSSR count). The average molecular weight is 426 g/mol. The Morgan fingerprint density at radius 2 is 1.50 bits per heavy atom. The maximum atomic E-state index is 14.8. The summed E-state index contributed by atoms with van der Waals surface area (Å²) in [7, 11) is 0. The van der Waals surface area contributed by atoms with Crippen molar-refractivity contribution in [3.05, 3.63) is 81.2 Å². The van der Waals surface area contributed by atoms with Gasteiger partial charge < -0.3 is 0 Å². The summed E-state index contributed by atoms with van der Waals surface area (Å²) in [5.41, 5.74) is -1.02. The van der Waals surface area contributed by atoms with E-state index in [2.05, 4.69) is 0 Å². The Balaban J connectivity index is 1.70. The van der Waals surface area contributed by atoms with Crippen molar-refractivity contribution in [3.63, 3.8) is 0 Å². The Hall–Kier alpha value is -2.57. The highest BCUT2D eigenvalue weighted by atomic mass is 19.3. The molecule has 1 unspecified atom stereocenters. The number of hydrogen-bond acceptors (Lipinski definition) is 0. The number of halogens is 7. The van der Waals surface area contributed by atoms with Crippen LogP contribution in [-0.4, -0.2) is 0 Å². The second kappa shape index (κ2) is 7.00. The Kier molecular flexibility index (Phi) is 4.83. The lowest BCUT2D eigenvalue weighted by atomic mass is 9.96. The number of benzene rings is 3. The second-order valence-corrected chi connectivity index (χ2v) is 7.88. The van der Waals surface area contributed by atoms with Crippen molar-refractivity contribution >= 4 is 10.8 Å². The van der Waals surface area contributed by atoms with E-state index in [0.717, 1.165) is 0 Å². The van der Waals surface area contributed by atoms with Gasteiger partial charge in [0.25, 0.3) is 5.92 Å². The fourth-order valence-electron chi connectivity index (χ4n) is 4.16. The van der Waals surface area contributed by atoms with Gasteiger partial charge in [0, 0.05) is 5.92 Å². The van der Waals surface area contributed by atoms with E-state index in [-0.39, 0.29) is 46.9 Å². The molecule has 7 heteroatoms. The Morgan fingerprint density at radius 1 is 0.833 bits per heavy atom. The van der Waals surface area contributed by atoms with Gasteiger partial charge in [-0.3, -0.25) is 0 Å². The maximum absolute atomic E-state index is 14.8. The summed E-state index contributed by atoms with van der Waals surface area (Å²) < 4.78 is 100.0. The lowest BCUT2D eigenvalue weighted by molar-refractivity contribution is -0.0481. The van der Waals surface area contributed by atoms with E-state index in [0.29, 0.717) is 0 Å². The molecule has 3 aromatic rings. The van der Waals surface area contributed by atoms with E-state index in [1.807, 2.05) is 0 Å². The fraction of sp³-hybridized carbons (Fsp3) is 0.304. The first-order valence-electron chi connectivity index (χ1n) is 9.47. The predicted octanol–water partition coefficient (Wildman–Crippen LogP) is 6.91. The normalized spacial score (nSPS) is 17.6. The van der Waals surface area contributed by atoms with E-state index >= 15 is 0 Å². The topological polar surface area (TPSA) is 0 Å². The third kappa shape index (κ3) is 2.97. The molecule has 0 aromatic heterocycles. The van der Waals surface area contributed by atoms with E-state index in [4.69, 9.17) is 0 Å². The molecule has 0 amide bonds. The third-order valence-electron chi connectivity index (χ3n) is 5.89. The monoisotopic (exact) mass is 426 g/mol. The first-order chi connectivity index (χ1) is 14.0. The molecule has 1 aliphatic rings. The molecule has 0 saturated carbocycles. The van der Waals surface area contributed by atoms with Gasteiger partial charge in [-0.15, -0.1) is 0 Å². The zero-order chi connectivity index (χ0) is 22.0. The lowest BCUT2D eigenvalue weighted by Gasteiger charge is -2.17. The number of aryl methyl sites for hydroxylation is 3. The van der Waals surface area contributed by atoms with Crippen molar-refractivity contribution in [2.45, 2.75) is 39.0 Å². The van der Waals surface area contributed by atoms with Crippen LogP contribution in [0.15, 0.2) is 24.3 Å². The summed E-state index contributed by atoms with van der Waals surface area (Å²) in [5.74, 6) is -11.0. The lowest BCUT2D eigenvalue weighted by Crippen LogP contribution is -2.19. The van der Waals surface area contributed by atoms with Gasteiger partial charge in [0.05, 0.1) is 10.9 Å². The highest BCUT2D eigenvalue weighted by Crippen LogP contribution is 2.48. The Labute approximate surface area is 168 Å². The molecule has 0 aliphatic heterocycles. The zero-order valence-corrected chi connectivity index (χ0v) is 16.2. The Morgan fingerprint density at radius 3 is 2.20 bits per heavy atom. The first-order valence-corrected chi connectivity index (χ1v) is 9.47. The van der Waals surface area contributed by atoms with Crippen LogP contribution in [0.4, 0.5) is 30.7 Å². The molecule has 0 N–H and O–H groups in total. The molecule has 0 nitrogen and oxygen atoms in total. The summed E-state index contributed by atoms with van der Waals surface area (Å²) in [4.78, 5) is 0. The summed E-state index contributed by atoms with van der Waals surface area (Å²) in [6.07, 6.45) is -0.424. The van der Waals surface area contributed by atoms with Gasteiger partial charge in [-0.1, -0.05) is 25.1 Å². The highest BCUT2D eigenvalue weighted by Gasteiger charge is 2.49. The SMILES string of the molecule is Cc1cc2ccc(CCc3cc4c(c(F)c3F)C(F)(F)C(C)C4)c(F)c2c(F)c1F. The number of hydrogen-bond donors (Lipinski definition) is 0. The van der Waals surface area contributed by atoms with Crippen molar-refractivity contribution in [3.8, 4) is 0 Å². The molecule has 0 bridgehead atoms. The molecule has 1 aliphatic carbocycles. The molecule has 30 heavy (non-hydrogen) atoms. The van der Waals surface area contributed by atoms with Crippen LogP contribution in [0.1, 0.15) is 34.7 Å². The minimum atomic E-state index is -3.46. The van der Waals surface area contributed by atoms with Gasteiger partial charge in [-0.05, 0) is 59.9 Å². The molecule has 1 atom stereocenters. The maximum Gasteiger partial charge on any atom is 0.279 e. The van der Waals surface area contributed by atoms with Gasteiger partial charge in [-0.25, -0.2) is 30.7 Å². The largest absolute Gasteiger partial charge is 0.279 e. The molecule has 0 saturated heterocycles. The van der Waals surface area contributed by atoms with E-state index in [1.54, 1.807) is 0 Å². The van der Waals surface area contributed by atoms with Crippen molar-refractivity contribution in [2.75, 3.05) is 0 Å². The fourth-order valence-corrected chi connectivity index (χ4v) is 4.16. The molecule has 3 aromatic carbocycles. The van der Waals surface area contributed by atoms with Crippen molar-refractivity contribution < 1.29 is 30.7 Å². The Bertz CT molecular complexity index is 1180. The highest BCUT2D eigenvalue weighted by molar-refractivity contribution is 5.85. The zero-order valence-electron chi connectivity index (χ0n) is 16.2. The predicted molar refractivity (Wildman–Crippen MR) is 99.1 cm³/mol. The van der Waals surface area contributed by atoms with Crippen LogP contribution >= 0.6 is 0 Å². The van der Waals surface area contributed by atoms with E-state index in [9.17, 15) is 30.7 Å². The molecule has 0 radical (unpaired) electrons. The van der Waals surface area contributed by atoms with Gasteiger partial charge in [-0.2, -0.15) is 0 Å². The minimum absolute atomic E-state index is 0.0105. The molecule has 0 spiro atoms. The number of fused-ring (bicyclic) bond motifs is 2. The van der Waals surface area contributed by atoms with E-state index in [1.165, 1.54) is 38.1 Å².